The molecule has 2 aromatic carbocycles. The maximum atomic E-state index is 12.9. The Kier molecular flexibility index (Phi) is 6.29. The number of nitrogens with one attached hydrogen (secondary N) is 1. The molecule has 7 nitrogen and oxygen atoms in total. The molecule has 0 saturated heterocycles. The first-order valence-electron chi connectivity index (χ1n) is 11.4. The van der Waals surface area contributed by atoms with Gasteiger partial charge in [-0.3, -0.25) is 14.2 Å². The van der Waals surface area contributed by atoms with Gasteiger partial charge in [0.1, 0.15) is 4.83 Å². The van der Waals surface area contributed by atoms with Gasteiger partial charge in [-0.1, -0.05) is 48.5 Å². The SMILES string of the molecule is Cc1sc2ncn(CCC(=O)NCc3cn(-c4ccccc4)nc3-c3ccccc3)c(=O)c2c1C. The molecule has 0 radical (unpaired) electrons. The van der Waals surface area contributed by atoms with Crippen LogP contribution in [0, 0.1) is 13.8 Å². The van der Waals surface area contributed by atoms with Crippen LogP contribution in [0.15, 0.2) is 78.0 Å². The van der Waals surface area contributed by atoms with E-state index < -0.39 is 0 Å². The maximum Gasteiger partial charge on any atom is 0.262 e. The van der Waals surface area contributed by atoms with Crippen LogP contribution in [0.1, 0.15) is 22.4 Å². The molecule has 0 aliphatic heterocycles. The van der Waals surface area contributed by atoms with E-state index in [0.29, 0.717) is 11.9 Å². The van der Waals surface area contributed by atoms with E-state index in [9.17, 15) is 9.59 Å². The smallest absolute Gasteiger partial charge is 0.262 e. The highest BCUT2D eigenvalue weighted by molar-refractivity contribution is 7.18. The second kappa shape index (κ2) is 9.68. The van der Waals surface area contributed by atoms with Gasteiger partial charge in [0.2, 0.25) is 5.91 Å². The van der Waals surface area contributed by atoms with E-state index in [1.165, 1.54) is 22.2 Å². The molecule has 3 heterocycles. The lowest BCUT2D eigenvalue weighted by atomic mass is 10.1. The van der Waals surface area contributed by atoms with E-state index in [4.69, 9.17) is 5.10 Å². The number of aromatic nitrogens is 4. The van der Waals surface area contributed by atoms with Crippen molar-refractivity contribution < 1.29 is 4.79 Å². The van der Waals surface area contributed by atoms with Gasteiger partial charge in [0.15, 0.2) is 0 Å². The molecule has 176 valence electrons. The van der Waals surface area contributed by atoms with Crippen molar-refractivity contribution in [2.45, 2.75) is 33.4 Å². The number of carbonyl (C=O) groups excluding carboxylic acids is 1. The highest BCUT2D eigenvalue weighted by Crippen LogP contribution is 2.26. The summed E-state index contributed by atoms with van der Waals surface area (Å²) < 4.78 is 3.35. The number of nitrogens with zero attached hydrogens (tertiary/aromatic N) is 4. The fourth-order valence-electron chi connectivity index (χ4n) is 4.02. The Morgan fingerprint density at radius 1 is 1.03 bits per heavy atom. The predicted octanol–water partition coefficient (Wildman–Crippen LogP) is 4.63. The van der Waals surface area contributed by atoms with Gasteiger partial charge < -0.3 is 5.32 Å². The van der Waals surface area contributed by atoms with Crippen LogP contribution in [0.3, 0.4) is 0 Å². The van der Waals surface area contributed by atoms with Gasteiger partial charge in [-0.05, 0) is 31.5 Å². The Morgan fingerprint density at radius 3 is 2.49 bits per heavy atom. The topological polar surface area (TPSA) is 81.8 Å². The zero-order chi connectivity index (χ0) is 24.4. The predicted molar refractivity (Wildman–Crippen MR) is 139 cm³/mol. The number of aryl methyl sites for hydroxylation is 3. The molecule has 0 saturated carbocycles. The Labute approximate surface area is 206 Å². The lowest BCUT2D eigenvalue weighted by molar-refractivity contribution is -0.121. The van der Waals surface area contributed by atoms with Crippen molar-refractivity contribution in [2.24, 2.45) is 0 Å². The third kappa shape index (κ3) is 4.65. The zero-order valence-electron chi connectivity index (χ0n) is 19.6. The number of hydrogen-bond acceptors (Lipinski definition) is 5. The molecule has 35 heavy (non-hydrogen) atoms. The quantitative estimate of drug-likeness (QED) is 0.366. The minimum absolute atomic E-state index is 0.0971. The molecule has 1 amide bonds. The van der Waals surface area contributed by atoms with E-state index in [0.717, 1.165) is 37.8 Å². The van der Waals surface area contributed by atoms with Gasteiger partial charge in [-0.25, -0.2) is 9.67 Å². The van der Waals surface area contributed by atoms with Gasteiger partial charge in [0.25, 0.3) is 5.56 Å². The fraction of sp³-hybridized carbons (Fsp3) is 0.185. The van der Waals surface area contributed by atoms with Crippen molar-refractivity contribution >= 4 is 27.5 Å². The van der Waals surface area contributed by atoms with E-state index in [1.807, 2.05) is 85.4 Å². The molecule has 1 N–H and O–H groups in total. The first-order valence-corrected chi connectivity index (χ1v) is 12.2. The molecule has 3 aromatic heterocycles. The first-order chi connectivity index (χ1) is 17.0. The molecule has 0 fully saturated rings. The second-order valence-corrected chi connectivity index (χ2v) is 9.59. The van der Waals surface area contributed by atoms with Crippen molar-refractivity contribution in [1.82, 2.24) is 24.6 Å². The number of amides is 1. The summed E-state index contributed by atoms with van der Waals surface area (Å²) in [4.78, 5) is 31.8. The minimum atomic E-state index is -0.137. The summed E-state index contributed by atoms with van der Waals surface area (Å²) in [6.45, 7) is 4.54. The molecular weight excluding hydrogens is 458 g/mol. The van der Waals surface area contributed by atoms with Gasteiger partial charge >= 0.3 is 0 Å². The highest BCUT2D eigenvalue weighted by Gasteiger charge is 2.15. The van der Waals surface area contributed by atoms with Gasteiger partial charge in [0, 0.05) is 41.7 Å². The summed E-state index contributed by atoms with van der Waals surface area (Å²) >= 11 is 1.52. The minimum Gasteiger partial charge on any atom is -0.352 e. The lowest BCUT2D eigenvalue weighted by Crippen LogP contribution is -2.27. The molecule has 0 unspecified atom stereocenters. The third-order valence-electron chi connectivity index (χ3n) is 6.07. The Balaban J connectivity index is 1.31. The van der Waals surface area contributed by atoms with Gasteiger partial charge in [-0.2, -0.15) is 5.10 Å². The van der Waals surface area contributed by atoms with Crippen molar-refractivity contribution in [1.29, 1.82) is 0 Å². The molecule has 0 atom stereocenters. The standard InChI is InChI=1S/C27H25N5O2S/c1-18-19(2)35-26-24(18)27(34)31(17-29-26)14-13-23(33)28-15-21-16-32(22-11-7-4-8-12-22)30-25(21)20-9-5-3-6-10-20/h3-12,16-17H,13-15H2,1-2H3,(H,28,33). The Hall–Kier alpha value is -4.04. The van der Waals surface area contributed by atoms with Crippen LogP contribution >= 0.6 is 11.3 Å². The number of thiophene rings is 1. The number of hydrogen-bond donors (Lipinski definition) is 1. The van der Waals surface area contributed by atoms with Gasteiger partial charge in [-0.15, -0.1) is 11.3 Å². The van der Waals surface area contributed by atoms with E-state index in [-0.39, 0.29) is 24.4 Å². The molecular formula is C27H25N5O2S. The average molecular weight is 484 g/mol. The molecule has 8 heteroatoms. The van der Waals surface area contributed by atoms with Crippen LogP contribution in [0.4, 0.5) is 0 Å². The summed E-state index contributed by atoms with van der Waals surface area (Å²) in [6, 6.07) is 19.8. The second-order valence-electron chi connectivity index (χ2n) is 8.38. The molecule has 5 aromatic rings. The van der Waals surface area contributed by atoms with Crippen LogP contribution in [-0.2, 0) is 17.9 Å². The molecule has 0 aliphatic rings. The van der Waals surface area contributed by atoms with Crippen molar-refractivity contribution in [3.05, 3.63) is 99.5 Å². The van der Waals surface area contributed by atoms with Crippen LogP contribution in [0.25, 0.3) is 27.2 Å². The van der Waals surface area contributed by atoms with Crippen molar-refractivity contribution in [2.75, 3.05) is 0 Å². The first kappa shape index (κ1) is 22.7. The summed E-state index contributed by atoms with van der Waals surface area (Å²) in [7, 11) is 0. The van der Waals surface area contributed by atoms with Crippen molar-refractivity contribution in [3.8, 4) is 16.9 Å². The largest absolute Gasteiger partial charge is 0.352 e. The molecule has 0 bridgehead atoms. The highest BCUT2D eigenvalue weighted by atomic mass is 32.1. The van der Waals surface area contributed by atoms with Crippen LogP contribution < -0.4 is 10.9 Å². The summed E-state index contributed by atoms with van der Waals surface area (Å²) in [5, 5.41) is 8.43. The zero-order valence-corrected chi connectivity index (χ0v) is 20.4. The number of para-hydroxylation sites is 1. The third-order valence-corrected chi connectivity index (χ3v) is 7.18. The fourth-order valence-corrected chi connectivity index (χ4v) is 5.01. The number of rotatable bonds is 7. The summed E-state index contributed by atoms with van der Waals surface area (Å²) in [6.07, 6.45) is 3.66. The van der Waals surface area contributed by atoms with E-state index >= 15 is 0 Å². The molecule has 0 spiro atoms. The normalized spacial score (nSPS) is 11.1. The van der Waals surface area contributed by atoms with Crippen LogP contribution in [0.2, 0.25) is 0 Å². The summed E-state index contributed by atoms with van der Waals surface area (Å²) in [5.41, 5.74) is 4.54. The summed E-state index contributed by atoms with van der Waals surface area (Å²) in [5.74, 6) is -0.137. The van der Waals surface area contributed by atoms with E-state index in [1.54, 1.807) is 0 Å². The Morgan fingerprint density at radius 2 is 1.74 bits per heavy atom. The molecule has 5 rings (SSSR count). The maximum absolute atomic E-state index is 12.9. The lowest BCUT2D eigenvalue weighted by Gasteiger charge is -2.07. The number of carbonyl (C=O) groups is 1. The van der Waals surface area contributed by atoms with E-state index in [2.05, 4.69) is 10.3 Å². The number of benzene rings is 2. The van der Waals surface area contributed by atoms with Crippen molar-refractivity contribution in [3.63, 3.8) is 0 Å². The van der Waals surface area contributed by atoms with Crippen LogP contribution in [0.5, 0.6) is 0 Å². The number of fused-ring (bicyclic) bond motifs is 1. The Bertz CT molecular complexity index is 1550. The average Bonchev–Trinajstić information content (AvgIpc) is 3.44. The monoisotopic (exact) mass is 483 g/mol. The molecule has 0 aliphatic carbocycles. The van der Waals surface area contributed by atoms with Gasteiger partial charge in [0.05, 0.1) is 23.1 Å². The van der Waals surface area contributed by atoms with Crippen LogP contribution in [-0.4, -0.2) is 25.2 Å².